The zero-order valence-corrected chi connectivity index (χ0v) is 22.4. The van der Waals surface area contributed by atoms with Crippen LogP contribution < -0.4 is 16.8 Å². The molecule has 2 aromatic rings. The van der Waals surface area contributed by atoms with Gasteiger partial charge in [0.25, 0.3) is 5.91 Å². The number of hydrogen-bond acceptors (Lipinski definition) is 6. The minimum atomic E-state index is -0.752. The number of halogens is 3. The van der Waals surface area contributed by atoms with E-state index in [1.54, 1.807) is 6.08 Å². The molecule has 1 aliphatic carbocycles. The van der Waals surface area contributed by atoms with Crippen molar-refractivity contribution in [3.05, 3.63) is 87.6 Å². The summed E-state index contributed by atoms with van der Waals surface area (Å²) in [6.07, 6.45) is 6.71. The third-order valence-corrected chi connectivity index (χ3v) is 5.58. The van der Waals surface area contributed by atoms with E-state index in [1.165, 1.54) is 18.3 Å². The molecule has 0 spiro atoms. The van der Waals surface area contributed by atoms with Crippen LogP contribution in [0.1, 0.15) is 67.8 Å². The number of nitrogens with zero attached hydrogens (tertiary/aromatic N) is 2. The third kappa shape index (κ3) is 8.23. The molecule has 196 valence electrons. The number of nitrogens with one attached hydrogen (secondary N) is 1. The van der Waals surface area contributed by atoms with Crippen molar-refractivity contribution in [1.29, 1.82) is 0 Å². The molecule has 1 unspecified atom stereocenters. The van der Waals surface area contributed by atoms with E-state index in [1.807, 2.05) is 20.8 Å². The third-order valence-electron chi connectivity index (χ3n) is 4.97. The van der Waals surface area contributed by atoms with Gasteiger partial charge in [0.1, 0.15) is 11.6 Å². The van der Waals surface area contributed by atoms with Gasteiger partial charge < -0.3 is 21.9 Å². The summed E-state index contributed by atoms with van der Waals surface area (Å²) in [5.41, 5.74) is 13.7. The fourth-order valence-electron chi connectivity index (χ4n) is 3.48. The van der Waals surface area contributed by atoms with Gasteiger partial charge in [0.05, 0.1) is 22.3 Å². The molecule has 10 heteroatoms. The van der Waals surface area contributed by atoms with Crippen molar-refractivity contribution in [2.24, 2.45) is 11.5 Å². The zero-order chi connectivity index (χ0) is 27.3. The van der Waals surface area contributed by atoms with Crippen LogP contribution in [0.2, 0.25) is 0 Å². The molecule has 1 aromatic heterocycles. The molecule has 0 saturated heterocycles. The fourth-order valence-corrected chi connectivity index (χ4v) is 3.94. The van der Waals surface area contributed by atoms with Crippen LogP contribution in [0.25, 0.3) is 5.70 Å². The van der Waals surface area contributed by atoms with Crippen molar-refractivity contribution in [3.63, 3.8) is 0 Å². The summed E-state index contributed by atoms with van der Waals surface area (Å²) < 4.78 is 28.7. The first kappa shape index (κ1) is 30.9. The molecular formula is C26H34BrF2N5O2. The van der Waals surface area contributed by atoms with Gasteiger partial charge in [0.2, 0.25) is 5.82 Å². The van der Waals surface area contributed by atoms with Crippen LogP contribution in [0.15, 0.2) is 58.9 Å². The molecule has 0 fully saturated rings. The number of hydrogen-bond donors (Lipinski definition) is 4. The van der Waals surface area contributed by atoms with E-state index in [0.717, 1.165) is 18.6 Å². The van der Waals surface area contributed by atoms with Crippen molar-refractivity contribution in [1.82, 2.24) is 15.3 Å². The lowest BCUT2D eigenvalue weighted by atomic mass is 9.84. The number of nitrogens with two attached hydrogens (primary N) is 2. The molecule has 7 nitrogen and oxygen atoms in total. The number of carbonyl (C=O) groups excluding carboxylic acids is 1. The lowest BCUT2D eigenvalue weighted by molar-refractivity contribution is 0.0934. The fraction of sp³-hybridized carbons (Fsp3) is 0.346. The molecule has 1 heterocycles. The van der Waals surface area contributed by atoms with Gasteiger partial charge in [-0.2, -0.15) is 0 Å². The smallest absolute Gasteiger partial charge is 0.289 e. The van der Waals surface area contributed by atoms with Gasteiger partial charge in [0.15, 0.2) is 0 Å². The second-order valence-corrected chi connectivity index (χ2v) is 8.29. The number of amides is 1. The number of aliphatic hydroxyl groups excluding tert-OH is 1. The summed E-state index contributed by atoms with van der Waals surface area (Å²) in [4.78, 5) is 20.5. The Balaban J connectivity index is 0.00000120. The first-order valence-electron chi connectivity index (χ1n) is 11.6. The molecule has 1 amide bonds. The number of allylic oxidation sites excluding steroid dienone is 4. The molecule has 1 atom stereocenters. The Morgan fingerprint density at radius 2 is 1.94 bits per heavy atom. The van der Waals surface area contributed by atoms with Crippen molar-refractivity contribution < 1.29 is 18.7 Å². The highest BCUT2D eigenvalue weighted by atomic mass is 79.9. The Labute approximate surface area is 219 Å². The monoisotopic (exact) mass is 565 g/mol. The Morgan fingerprint density at radius 3 is 2.53 bits per heavy atom. The van der Waals surface area contributed by atoms with Crippen molar-refractivity contribution in [3.8, 4) is 0 Å². The predicted molar refractivity (Wildman–Crippen MR) is 143 cm³/mol. The first-order valence-corrected chi connectivity index (χ1v) is 12.4. The van der Waals surface area contributed by atoms with E-state index >= 15 is 0 Å². The summed E-state index contributed by atoms with van der Waals surface area (Å²) >= 11 is 3.41. The molecule has 0 saturated carbocycles. The van der Waals surface area contributed by atoms with E-state index in [2.05, 4.69) is 37.8 Å². The SMILES string of the molecule is C=CC.CC.NC1=C(/C=C(\N)c2c(F)cccc2F)CCCC1c1nc(C(=O)NCCO)ncc1Br. The van der Waals surface area contributed by atoms with Crippen LogP contribution in [-0.4, -0.2) is 34.1 Å². The maximum absolute atomic E-state index is 14.1. The molecule has 36 heavy (non-hydrogen) atoms. The van der Waals surface area contributed by atoms with Crippen LogP contribution in [0.5, 0.6) is 0 Å². The highest BCUT2D eigenvalue weighted by Gasteiger charge is 2.27. The van der Waals surface area contributed by atoms with Crippen molar-refractivity contribution >= 4 is 27.5 Å². The van der Waals surface area contributed by atoms with Crippen LogP contribution in [0, 0.1) is 11.6 Å². The van der Waals surface area contributed by atoms with E-state index in [0.29, 0.717) is 34.3 Å². The van der Waals surface area contributed by atoms with Crippen molar-refractivity contribution in [2.75, 3.05) is 13.2 Å². The minimum absolute atomic E-state index is 0.0462. The van der Waals surface area contributed by atoms with Crippen LogP contribution in [-0.2, 0) is 0 Å². The van der Waals surface area contributed by atoms with Gasteiger partial charge in [0, 0.05) is 30.1 Å². The molecule has 3 rings (SSSR count). The summed E-state index contributed by atoms with van der Waals surface area (Å²) in [5.74, 6) is -2.40. The standard InChI is InChI=1S/C21H22BrF2N5O2.C3H6.C2H6/c22-13-10-28-20(21(31)27-7-8-30)29-19(13)12-4-1-3-11(18(12)26)9-16(25)17-14(23)5-2-6-15(17)24;1-3-2;1-2/h2,5-6,9-10,12,30H,1,3-4,7-8,25-26H2,(H,27,31);3H,1H2,2H3;1-2H3/b16-9-;;. The zero-order valence-electron chi connectivity index (χ0n) is 20.8. The molecule has 1 aromatic carbocycles. The molecule has 0 radical (unpaired) electrons. The number of aromatic nitrogens is 2. The maximum atomic E-state index is 14.1. The lowest BCUT2D eigenvalue weighted by Crippen LogP contribution is -2.29. The summed E-state index contributed by atoms with van der Waals surface area (Å²) in [6, 6.07) is 3.55. The molecule has 6 N–H and O–H groups in total. The van der Waals surface area contributed by atoms with E-state index < -0.39 is 17.5 Å². The highest BCUT2D eigenvalue weighted by Crippen LogP contribution is 2.38. The largest absolute Gasteiger partial charge is 0.401 e. The van der Waals surface area contributed by atoms with Crippen LogP contribution in [0.4, 0.5) is 8.78 Å². The minimum Gasteiger partial charge on any atom is -0.401 e. The van der Waals surface area contributed by atoms with E-state index in [4.69, 9.17) is 16.6 Å². The number of benzene rings is 1. The maximum Gasteiger partial charge on any atom is 0.289 e. The van der Waals surface area contributed by atoms with Crippen LogP contribution in [0.3, 0.4) is 0 Å². The second-order valence-electron chi connectivity index (χ2n) is 7.44. The van der Waals surface area contributed by atoms with Gasteiger partial charge in [-0.05, 0) is 65.9 Å². The van der Waals surface area contributed by atoms with E-state index in [-0.39, 0.29) is 36.2 Å². The quantitative estimate of drug-likeness (QED) is 0.367. The Morgan fingerprint density at radius 1 is 1.33 bits per heavy atom. The normalized spacial score (nSPS) is 15.2. The number of aliphatic hydroxyl groups is 1. The molecule has 0 aliphatic heterocycles. The average molecular weight is 566 g/mol. The predicted octanol–water partition coefficient (Wildman–Crippen LogP) is 4.94. The highest BCUT2D eigenvalue weighted by molar-refractivity contribution is 9.10. The van der Waals surface area contributed by atoms with Gasteiger partial charge in [-0.3, -0.25) is 4.79 Å². The first-order chi connectivity index (χ1) is 17.2. The molecule has 1 aliphatic rings. The summed E-state index contributed by atoms with van der Waals surface area (Å²) in [7, 11) is 0. The Bertz CT molecular complexity index is 1090. The van der Waals surface area contributed by atoms with E-state index in [9.17, 15) is 13.6 Å². The summed E-state index contributed by atoms with van der Waals surface area (Å²) in [5, 5.41) is 11.4. The van der Waals surface area contributed by atoms with Gasteiger partial charge >= 0.3 is 0 Å². The van der Waals surface area contributed by atoms with Crippen molar-refractivity contribution in [2.45, 2.75) is 46.0 Å². The Kier molecular flexibility index (Phi) is 13.6. The van der Waals surface area contributed by atoms with Gasteiger partial charge in [-0.15, -0.1) is 6.58 Å². The molecule has 0 bridgehead atoms. The topological polar surface area (TPSA) is 127 Å². The molecular weight excluding hydrogens is 532 g/mol. The van der Waals surface area contributed by atoms with Crippen LogP contribution >= 0.6 is 15.9 Å². The number of carbonyl (C=O) groups is 1. The Hall–Kier alpha value is -3.11. The lowest BCUT2D eigenvalue weighted by Gasteiger charge is -2.26. The summed E-state index contributed by atoms with van der Waals surface area (Å²) in [6.45, 7) is 9.13. The second kappa shape index (κ2) is 15.8. The van der Waals surface area contributed by atoms with Gasteiger partial charge in [-0.1, -0.05) is 26.0 Å². The van der Waals surface area contributed by atoms with Gasteiger partial charge in [-0.25, -0.2) is 18.7 Å². The average Bonchev–Trinajstić information content (AvgIpc) is 2.86. The number of rotatable bonds is 6.